The van der Waals surface area contributed by atoms with E-state index in [1.54, 1.807) is 0 Å². The molecule has 2 aromatic heterocycles. The third-order valence-corrected chi connectivity index (χ3v) is 4.29. The Bertz CT molecular complexity index is 655. The van der Waals surface area contributed by atoms with Crippen LogP contribution in [0.15, 0.2) is 24.4 Å². The number of hydrogen-bond acceptors (Lipinski definition) is 2. The maximum absolute atomic E-state index is 12.7. The van der Waals surface area contributed by atoms with Gasteiger partial charge in [0.1, 0.15) is 5.69 Å². The number of hydrogen-bond donors (Lipinski definition) is 0. The van der Waals surface area contributed by atoms with Gasteiger partial charge < -0.3 is 9.47 Å². The van der Waals surface area contributed by atoms with Crippen molar-refractivity contribution in [2.45, 2.75) is 39.3 Å². The number of aryl methyl sites for hydroxylation is 3. The highest BCUT2D eigenvalue weighted by Gasteiger charge is 2.31. The van der Waals surface area contributed by atoms with Gasteiger partial charge in [0.2, 0.25) is 0 Å². The van der Waals surface area contributed by atoms with Crippen molar-refractivity contribution >= 4 is 5.91 Å². The molecule has 0 radical (unpaired) electrons. The number of likely N-dealkylation sites (tertiary alicyclic amines) is 1. The van der Waals surface area contributed by atoms with E-state index < -0.39 is 0 Å². The van der Waals surface area contributed by atoms with Crippen LogP contribution in [-0.2, 0) is 13.6 Å². The van der Waals surface area contributed by atoms with Crippen molar-refractivity contribution in [3.8, 4) is 0 Å². The van der Waals surface area contributed by atoms with E-state index >= 15 is 0 Å². The Balaban J connectivity index is 1.78. The van der Waals surface area contributed by atoms with Crippen LogP contribution in [0, 0.1) is 13.8 Å². The van der Waals surface area contributed by atoms with Crippen molar-refractivity contribution in [1.82, 2.24) is 19.2 Å². The Labute approximate surface area is 125 Å². The first kappa shape index (κ1) is 13.9. The van der Waals surface area contributed by atoms with Gasteiger partial charge in [0.25, 0.3) is 5.91 Å². The fourth-order valence-electron chi connectivity index (χ4n) is 3.18. The number of aromatic nitrogens is 3. The van der Waals surface area contributed by atoms with Gasteiger partial charge in [-0.15, -0.1) is 0 Å². The SMILES string of the molecule is Cc1cc(C)n(C[C@@H]2CCCN2C(=O)c2cccn2C)n1. The van der Waals surface area contributed by atoms with Crippen molar-refractivity contribution < 1.29 is 4.79 Å². The molecule has 0 spiro atoms. The minimum absolute atomic E-state index is 0.131. The lowest BCUT2D eigenvalue weighted by Crippen LogP contribution is -2.39. The first-order chi connectivity index (χ1) is 10.1. The molecule has 1 saturated heterocycles. The Morgan fingerprint density at radius 3 is 2.86 bits per heavy atom. The molecule has 0 N–H and O–H groups in total. The van der Waals surface area contributed by atoms with Crippen LogP contribution in [0.1, 0.15) is 34.7 Å². The van der Waals surface area contributed by atoms with E-state index in [1.165, 1.54) is 0 Å². The highest BCUT2D eigenvalue weighted by atomic mass is 16.2. The summed E-state index contributed by atoms with van der Waals surface area (Å²) in [7, 11) is 1.92. The topological polar surface area (TPSA) is 43.1 Å². The van der Waals surface area contributed by atoms with Gasteiger partial charge in [-0.3, -0.25) is 9.48 Å². The summed E-state index contributed by atoms with van der Waals surface area (Å²) in [6, 6.07) is 6.13. The molecule has 1 aliphatic rings. The van der Waals surface area contributed by atoms with E-state index in [9.17, 15) is 4.79 Å². The minimum Gasteiger partial charge on any atom is -0.347 e. The summed E-state index contributed by atoms with van der Waals surface area (Å²) in [6.45, 7) is 5.70. The molecule has 0 aromatic carbocycles. The third kappa shape index (κ3) is 2.60. The predicted molar refractivity (Wildman–Crippen MR) is 81.2 cm³/mol. The van der Waals surface area contributed by atoms with Gasteiger partial charge in [0.05, 0.1) is 18.3 Å². The van der Waals surface area contributed by atoms with Crippen molar-refractivity contribution in [3.05, 3.63) is 41.5 Å². The van der Waals surface area contributed by atoms with E-state index in [0.29, 0.717) is 0 Å². The Hall–Kier alpha value is -2.04. The Kier molecular flexibility index (Phi) is 3.57. The van der Waals surface area contributed by atoms with E-state index in [1.807, 2.05) is 46.4 Å². The molecule has 1 amide bonds. The van der Waals surface area contributed by atoms with E-state index in [4.69, 9.17) is 0 Å². The van der Waals surface area contributed by atoms with Gasteiger partial charge in [0, 0.05) is 25.5 Å². The van der Waals surface area contributed by atoms with E-state index in [2.05, 4.69) is 18.1 Å². The third-order valence-electron chi connectivity index (χ3n) is 4.29. The van der Waals surface area contributed by atoms with Crippen LogP contribution in [0.5, 0.6) is 0 Å². The van der Waals surface area contributed by atoms with Crippen molar-refractivity contribution in [3.63, 3.8) is 0 Å². The number of carbonyl (C=O) groups excluding carboxylic acids is 1. The second kappa shape index (κ2) is 5.39. The molecule has 5 heteroatoms. The van der Waals surface area contributed by atoms with Crippen LogP contribution in [0.3, 0.4) is 0 Å². The van der Waals surface area contributed by atoms with Gasteiger partial charge in [-0.2, -0.15) is 5.10 Å². The van der Waals surface area contributed by atoms with Crippen LogP contribution in [0.4, 0.5) is 0 Å². The lowest BCUT2D eigenvalue weighted by molar-refractivity contribution is 0.0711. The Morgan fingerprint density at radius 2 is 2.24 bits per heavy atom. The van der Waals surface area contributed by atoms with Gasteiger partial charge in [-0.25, -0.2) is 0 Å². The predicted octanol–water partition coefficient (Wildman–Crippen LogP) is 2.14. The van der Waals surface area contributed by atoms with Crippen LogP contribution in [0.2, 0.25) is 0 Å². The molecule has 0 saturated carbocycles. The monoisotopic (exact) mass is 286 g/mol. The zero-order chi connectivity index (χ0) is 15.0. The summed E-state index contributed by atoms with van der Waals surface area (Å²) in [5, 5.41) is 4.52. The second-order valence-electron chi connectivity index (χ2n) is 5.91. The highest BCUT2D eigenvalue weighted by Crippen LogP contribution is 2.22. The van der Waals surface area contributed by atoms with Gasteiger partial charge in [-0.05, 0) is 44.9 Å². The molecular formula is C16H22N4O. The van der Waals surface area contributed by atoms with Gasteiger partial charge in [0.15, 0.2) is 0 Å². The molecule has 1 aliphatic heterocycles. The molecule has 0 unspecified atom stereocenters. The quantitative estimate of drug-likeness (QED) is 0.867. The summed E-state index contributed by atoms with van der Waals surface area (Å²) in [5.41, 5.74) is 2.95. The number of carbonyl (C=O) groups is 1. The molecule has 1 fully saturated rings. The summed E-state index contributed by atoms with van der Waals surface area (Å²) in [4.78, 5) is 14.7. The molecule has 21 heavy (non-hydrogen) atoms. The van der Waals surface area contributed by atoms with Crippen LogP contribution in [0.25, 0.3) is 0 Å². The normalized spacial score (nSPS) is 18.4. The molecule has 2 aromatic rings. The first-order valence-electron chi connectivity index (χ1n) is 7.49. The van der Waals surface area contributed by atoms with E-state index in [0.717, 1.165) is 43.0 Å². The van der Waals surface area contributed by atoms with E-state index in [-0.39, 0.29) is 11.9 Å². The highest BCUT2D eigenvalue weighted by molar-refractivity contribution is 5.93. The van der Waals surface area contributed by atoms with Gasteiger partial charge >= 0.3 is 0 Å². The molecular weight excluding hydrogens is 264 g/mol. The minimum atomic E-state index is 0.131. The zero-order valence-corrected chi connectivity index (χ0v) is 12.9. The standard InChI is InChI=1S/C16H22N4O/c1-12-10-13(2)20(17-12)11-14-6-4-9-19(14)16(21)15-7-5-8-18(15)3/h5,7-8,10,14H,4,6,9,11H2,1-3H3/t14-/m0/s1. The molecule has 5 nitrogen and oxygen atoms in total. The molecule has 0 bridgehead atoms. The lowest BCUT2D eigenvalue weighted by atomic mass is 10.2. The first-order valence-corrected chi connectivity index (χ1v) is 7.49. The smallest absolute Gasteiger partial charge is 0.270 e. The fraction of sp³-hybridized carbons (Fsp3) is 0.500. The van der Waals surface area contributed by atoms with Crippen molar-refractivity contribution in [2.75, 3.05) is 6.54 Å². The Morgan fingerprint density at radius 1 is 1.43 bits per heavy atom. The second-order valence-corrected chi connectivity index (χ2v) is 5.91. The van der Waals surface area contributed by atoms with Gasteiger partial charge in [-0.1, -0.05) is 0 Å². The zero-order valence-electron chi connectivity index (χ0n) is 12.9. The van der Waals surface area contributed by atoms with Crippen LogP contribution in [-0.4, -0.2) is 37.7 Å². The summed E-state index contributed by atoms with van der Waals surface area (Å²) >= 11 is 0. The number of nitrogens with zero attached hydrogens (tertiary/aromatic N) is 4. The molecule has 1 atom stereocenters. The largest absolute Gasteiger partial charge is 0.347 e. The average molecular weight is 286 g/mol. The van der Waals surface area contributed by atoms with Crippen molar-refractivity contribution in [2.24, 2.45) is 7.05 Å². The molecule has 112 valence electrons. The molecule has 0 aliphatic carbocycles. The molecule has 3 rings (SSSR count). The summed E-state index contributed by atoms with van der Waals surface area (Å²) in [6.07, 6.45) is 4.04. The maximum Gasteiger partial charge on any atom is 0.270 e. The number of amides is 1. The summed E-state index contributed by atoms with van der Waals surface area (Å²) < 4.78 is 3.91. The van der Waals surface area contributed by atoms with Crippen LogP contribution >= 0.6 is 0 Å². The van der Waals surface area contributed by atoms with Crippen LogP contribution < -0.4 is 0 Å². The summed E-state index contributed by atoms with van der Waals surface area (Å²) in [5.74, 6) is 0.131. The maximum atomic E-state index is 12.7. The van der Waals surface area contributed by atoms with Crippen molar-refractivity contribution in [1.29, 1.82) is 0 Å². The fourth-order valence-corrected chi connectivity index (χ4v) is 3.18. The number of rotatable bonds is 3. The molecule has 3 heterocycles. The lowest BCUT2D eigenvalue weighted by Gasteiger charge is -2.25. The average Bonchev–Trinajstić information content (AvgIpc) is 3.12.